The van der Waals surface area contributed by atoms with Gasteiger partial charge in [0, 0.05) is 24.9 Å². The molecule has 2 heterocycles. The highest BCUT2D eigenvalue weighted by atomic mass is 35.5. The van der Waals surface area contributed by atoms with Crippen molar-refractivity contribution in [2.24, 2.45) is 5.92 Å². The van der Waals surface area contributed by atoms with Crippen LogP contribution in [0.3, 0.4) is 0 Å². The van der Waals surface area contributed by atoms with E-state index >= 15 is 0 Å². The van der Waals surface area contributed by atoms with E-state index in [0.29, 0.717) is 11.3 Å². The molecular formula is C16H22ClNO. The highest BCUT2D eigenvalue weighted by Crippen LogP contribution is 2.26. The Morgan fingerprint density at radius 1 is 1.42 bits per heavy atom. The number of rotatable bonds is 3. The minimum atomic E-state index is 0.321. The van der Waals surface area contributed by atoms with E-state index in [1.807, 2.05) is 0 Å². The molecule has 3 heteroatoms. The number of piperidine rings is 1. The van der Waals surface area contributed by atoms with Crippen LogP contribution in [0.25, 0.3) is 0 Å². The minimum absolute atomic E-state index is 0.321. The molecule has 104 valence electrons. The van der Waals surface area contributed by atoms with Gasteiger partial charge in [-0.15, -0.1) is 11.6 Å². The topological polar surface area (TPSA) is 12.5 Å². The maximum absolute atomic E-state index is 6.36. The second kappa shape index (κ2) is 5.72. The van der Waals surface area contributed by atoms with Crippen molar-refractivity contribution in [3.63, 3.8) is 0 Å². The van der Waals surface area contributed by atoms with Crippen molar-refractivity contribution >= 4 is 11.6 Å². The second-order valence-corrected chi connectivity index (χ2v) is 6.43. The predicted octanol–water partition coefficient (Wildman–Crippen LogP) is 3.11. The van der Waals surface area contributed by atoms with E-state index in [2.05, 4.69) is 30.0 Å². The van der Waals surface area contributed by atoms with Crippen LogP contribution in [0.5, 0.6) is 5.75 Å². The molecule has 0 aliphatic carbocycles. The molecule has 2 nitrogen and oxygen atoms in total. The van der Waals surface area contributed by atoms with Crippen molar-refractivity contribution in [3.05, 3.63) is 29.3 Å². The largest absolute Gasteiger partial charge is 0.493 e. The summed E-state index contributed by atoms with van der Waals surface area (Å²) in [6, 6.07) is 6.64. The van der Waals surface area contributed by atoms with Crippen LogP contribution in [0.1, 0.15) is 24.5 Å². The van der Waals surface area contributed by atoms with Crippen LogP contribution in [-0.4, -0.2) is 36.5 Å². The van der Waals surface area contributed by atoms with Crippen molar-refractivity contribution < 1.29 is 4.74 Å². The molecule has 2 unspecified atom stereocenters. The zero-order valence-electron chi connectivity index (χ0n) is 11.6. The number of alkyl halides is 1. The smallest absolute Gasteiger partial charge is 0.122 e. The zero-order chi connectivity index (χ0) is 13.2. The average molecular weight is 280 g/mol. The summed E-state index contributed by atoms with van der Waals surface area (Å²) >= 11 is 6.36. The van der Waals surface area contributed by atoms with Gasteiger partial charge >= 0.3 is 0 Å². The maximum Gasteiger partial charge on any atom is 0.122 e. The Hall–Kier alpha value is -0.730. The molecule has 19 heavy (non-hydrogen) atoms. The summed E-state index contributed by atoms with van der Waals surface area (Å²) in [5.41, 5.74) is 2.80. The van der Waals surface area contributed by atoms with Gasteiger partial charge in [-0.3, -0.25) is 0 Å². The molecule has 0 spiro atoms. The molecule has 0 radical (unpaired) electrons. The quantitative estimate of drug-likeness (QED) is 0.789. The number of benzene rings is 1. The van der Waals surface area contributed by atoms with Crippen LogP contribution in [0.15, 0.2) is 18.2 Å². The Morgan fingerprint density at radius 2 is 2.32 bits per heavy atom. The number of hydrogen-bond donors (Lipinski definition) is 0. The van der Waals surface area contributed by atoms with Crippen LogP contribution in [-0.2, 0) is 12.8 Å². The number of halogens is 1. The summed E-state index contributed by atoms with van der Waals surface area (Å²) in [4.78, 5) is 2.50. The minimum Gasteiger partial charge on any atom is -0.493 e. The first kappa shape index (κ1) is 13.3. The van der Waals surface area contributed by atoms with Gasteiger partial charge in [-0.1, -0.05) is 19.1 Å². The Bertz CT molecular complexity index is 448. The standard InChI is InChI=1S/C16H22ClNO/c1-12-4-7-18(11-15(12)17)8-5-13-2-3-16-14(10-13)6-9-19-16/h2-3,10,12,15H,4-9,11H2,1H3. The fraction of sp³-hybridized carbons (Fsp3) is 0.625. The fourth-order valence-corrected chi connectivity index (χ4v) is 3.29. The van der Waals surface area contributed by atoms with Gasteiger partial charge in [0.25, 0.3) is 0 Å². The summed E-state index contributed by atoms with van der Waals surface area (Å²) < 4.78 is 5.55. The first-order valence-corrected chi connectivity index (χ1v) is 7.77. The molecule has 1 fully saturated rings. The van der Waals surface area contributed by atoms with E-state index in [1.165, 1.54) is 24.1 Å². The Labute approximate surface area is 120 Å². The van der Waals surface area contributed by atoms with Gasteiger partial charge in [0.2, 0.25) is 0 Å². The van der Waals surface area contributed by atoms with Crippen LogP contribution < -0.4 is 4.74 Å². The maximum atomic E-state index is 6.36. The highest BCUT2D eigenvalue weighted by Gasteiger charge is 2.24. The summed E-state index contributed by atoms with van der Waals surface area (Å²) in [5.74, 6) is 1.74. The van der Waals surface area contributed by atoms with Crippen molar-refractivity contribution in [2.75, 3.05) is 26.2 Å². The van der Waals surface area contributed by atoms with Crippen LogP contribution in [0.2, 0.25) is 0 Å². The number of nitrogens with zero attached hydrogens (tertiary/aromatic N) is 1. The SMILES string of the molecule is CC1CCN(CCc2ccc3c(c2)CCO3)CC1Cl. The number of fused-ring (bicyclic) bond motifs is 1. The summed E-state index contributed by atoms with van der Waals surface area (Å²) in [6.07, 6.45) is 3.41. The van der Waals surface area contributed by atoms with Crippen molar-refractivity contribution in [2.45, 2.75) is 31.6 Å². The van der Waals surface area contributed by atoms with Crippen molar-refractivity contribution in [1.29, 1.82) is 0 Å². The Balaban J connectivity index is 1.55. The third-order valence-electron chi connectivity index (χ3n) is 4.42. The highest BCUT2D eigenvalue weighted by molar-refractivity contribution is 6.21. The lowest BCUT2D eigenvalue weighted by molar-refractivity contribution is 0.198. The van der Waals surface area contributed by atoms with E-state index in [0.717, 1.165) is 38.3 Å². The lowest BCUT2D eigenvalue weighted by Gasteiger charge is -2.33. The Kier molecular flexibility index (Phi) is 3.99. The average Bonchev–Trinajstić information content (AvgIpc) is 2.87. The Morgan fingerprint density at radius 3 is 3.16 bits per heavy atom. The van der Waals surface area contributed by atoms with E-state index in [-0.39, 0.29) is 0 Å². The number of ether oxygens (including phenoxy) is 1. The van der Waals surface area contributed by atoms with Gasteiger partial charge in [-0.25, -0.2) is 0 Å². The molecule has 3 rings (SSSR count). The first-order valence-electron chi connectivity index (χ1n) is 7.33. The summed E-state index contributed by atoms with van der Waals surface area (Å²) in [5, 5.41) is 0.321. The number of likely N-dealkylation sites (tertiary alicyclic amines) is 1. The van der Waals surface area contributed by atoms with Crippen molar-refractivity contribution in [1.82, 2.24) is 4.90 Å². The zero-order valence-corrected chi connectivity index (χ0v) is 12.3. The third kappa shape index (κ3) is 3.06. The molecule has 0 amide bonds. The van der Waals surface area contributed by atoms with Crippen LogP contribution >= 0.6 is 11.6 Å². The van der Waals surface area contributed by atoms with E-state index in [9.17, 15) is 0 Å². The number of hydrogen-bond acceptors (Lipinski definition) is 2. The lowest BCUT2D eigenvalue weighted by Crippen LogP contribution is -2.41. The molecule has 0 aromatic heterocycles. The molecule has 2 atom stereocenters. The van der Waals surface area contributed by atoms with Gasteiger partial charge in [-0.05, 0) is 42.5 Å². The third-order valence-corrected chi connectivity index (χ3v) is 4.99. The van der Waals surface area contributed by atoms with E-state index < -0.39 is 0 Å². The normalized spacial score (nSPS) is 27.1. The molecule has 1 aromatic rings. The first-order chi connectivity index (χ1) is 9.22. The lowest BCUT2D eigenvalue weighted by atomic mass is 9.98. The predicted molar refractivity (Wildman–Crippen MR) is 79.2 cm³/mol. The summed E-state index contributed by atoms with van der Waals surface area (Å²) in [6.45, 7) is 6.46. The molecule has 1 saturated heterocycles. The van der Waals surface area contributed by atoms with Crippen LogP contribution in [0, 0.1) is 5.92 Å². The molecule has 0 N–H and O–H groups in total. The van der Waals surface area contributed by atoms with Gasteiger partial charge in [-0.2, -0.15) is 0 Å². The molecule has 2 aliphatic rings. The molecule has 2 aliphatic heterocycles. The second-order valence-electron chi connectivity index (χ2n) is 5.87. The fourth-order valence-electron chi connectivity index (χ4n) is 2.97. The monoisotopic (exact) mass is 279 g/mol. The summed E-state index contributed by atoms with van der Waals surface area (Å²) in [7, 11) is 0. The van der Waals surface area contributed by atoms with Gasteiger partial charge in [0.15, 0.2) is 0 Å². The van der Waals surface area contributed by atoms with Gasteiger partial charge < -0.3 is 9.64 Å². The molecule has 0 saturated carbocycles. The van der Waals surface area contributed by atoms with Crippen LogP contribution in [0.4, 0.5) is 0 Å². The van der Waals surface area contributed by atoms with Gasteiger partial charge in [0.1, 0.15) is 5.75 Å². The van der Waals surface area contributed by atoms with Gasteiger partial charge in [0.05, 0.1) is 6.61 Å². The molecule has 1 aromatic carbocycles. The van der Waals surface area contributed by atoms with E-state index in [1.54, 1.807) is 0 Å². The van der Waals surface area contributed by atoms with Crippen molar-refractivity contribution in [3.8, 4) is 5.75 Å². The molecular weight excluding hydrogens is 258 g/mol. The molecule has 0 bridgehead atoms. The van der Waals surface area contributed by atoms with E-state index in [4.69, 9.17) is 16.3 Å².